The van der Waals surface area contributed by atoms with Crippen molar-refractivity contribution in [3.63, 3.8) is 0 Å². The SMILES string of the molecule is O=C(O)/C=C/[C@H](O)[C@@H](NC(=O)c1ccccc1)c1ccccc1. The molecule has 2 aromatic carbocycles. The van der Waals surface area contributed by atoms with Crippen LogP contribution in [0.15, 0.2) is 72.8 Å². The number of carboxylic acids is 1. The molecule has 5 heteroatoms. The number of carbonyl (C=O) groups is 2. The van der Waals surface area contributed by atoms with Crippen molar-refractivity contribution in [2.75, 3.05) is 0 Å². The molecule has 3 N–H and O–H groups in total. The lowest BCUT2D eigenvalue weighted by Gasteiger charge is -2.22. The molecule has 0 fully saturated rings. The molecule has 0 aromatic heterocycles. The number of aliphatic carboxylic acids is 1. The highest BCUT2D eigenvalue weighted by molar-refractivity contribution is 5.94. The van der Waals surface area contributed by atoms with Crippen molar-refractivity contribution >= 4 is 11.9 Å². The summed E-state index contributed by atoms with van der Waals surface area (Å²) in [5, 5.41) is 21.7. The molecule has 5 nitrogen and oxygen atoms in total. The summed E-state index contributed by atoms with van der Waals surface area (Å²) in [5.41, 5.74) is 1.14. The molecule has 0 radical (unpaired) electrons. The van der Waals surface area contributed by atoms with E-state index in [1.807, 2.05) is 6.07 Å². The van der Waals surface area contributed by atoms with Gasteiger partial charge in [-0.15, -0.1) is 0 Å². The fourth-order valence-electron chi connectivity index (χ4n) is 2.13. The molecule has 0 saturated heterocycles. The number of hydrogen-bond donors (Lipinski definition) is 3. The minimum atomic E-state index is -1.17. The molecule has 0 spiro atoms. The van der Waals surface area contributed by atoms with E-state index < -0.39 is 18.1 Å². The van der Waals surface area contributed by atoms with Gasteiger partial charge in [-0.05, 0) is 23.8 Å². The number of aliphatic hydroxyl groups excluding tert-OH is 1. The van der Waals surface area contributed by atoms with Gasteiger partial charge in [-0.3, -0.25) is 4.79 Å². The molecule has 2 aromatic rings. The predicted molar refractivity (Wildman–Crippen MR) is 85.9 cm³/mol. The van der Waals surface area contributed by atoms with E-state index in [0.29, 0.717) is 11.1 Å². The Bertz CT molecular complexity index is 683. The van der Waals surface area contributed by atoms with Crippen molar-refractivity contribution in [3.05, 3.63) is 83.9 Å². The van der Waals surface area contributed by atoms with E-state index in [0.717, 1.165) is 12.2 Å². The summed E-state index contributed by atoms with van der Waals surface area (Å²) in [4.78, 5) is 22.9. The molecule has 0 unspecified atom stereocenters. The molecule has 0 aliphatic carbocycles. The molecule has 2 rings (SSSR count). The molecule has 0 aliphatic heterocycles. The summed E-state index contributed by atoms with van der Waals surface area (Å²) in [5.74, 6) is -1.51. The van der Waals surface area contributed by atoms with Crippen LogP contribution >= 0.6 is 0 Å². The van der Waals surface area contributed by atoms with E-state index in [4.69, 9.17) is 5.11 Å². The Kier molecular flexibility index (Phi) is 5.66. The minimum Gasteiger partial charge on any atom is -0.478 e. The van der Waals surface area contributed by atoms with Crippen LogP contribution in [-0.4, -0.2) is 28.2 Å². The minimum absolute atomic E-state index is 0.345. The standard InChI is InChI=1S/C18H17NO4/c20-15(11-12-16(21)22)17(13-7-3-1-4-8-13)19-18(23)14-9-5-2-6-10-14/h1-12,15,17,20H,(H,19,23)(H,21,22)/b12-11+/t15-,17-/m0/s1. The van der Waals surface area contributed by atoms with Crippen molar-refractivity contribution in [3.8, 4) is 0 Å². The summed E-state index contributed by atoms with van der Waals surface area (Å²) in [6, 6.07) is 16.8. The van der Waals surface area contributed by atoms with Crippen LogP contribution < -0.4 is 5.32 Å². The molecule has 0 bridgehead atoms. The quantitative estimate of drug-likeness (QED) is 0.714. The molecule has 118 valence electrons. The van der Waals surface area contributed by atoms with E-state index in [1.54, 1.807) is 54.6 Å². The van der Waals surface area contributed by atoms with E-state index in [-0.39, 0.29) is 5.91 Å². The maximum absolute atomic E-state index is 12.3. The van der Waals surface area contributed by atoms with Gasteiger partial charge in [-0.1, -0.05) is 48.5 Å². The van der Waals surface area contributed by atoms with Crippen molar-refractivity contribution in [1.82, 2.24) is 5.32 Å². The number of nitrogens with one attached hydrogen (secondary N) is 1. The largest absolute Gasteiger partial charge is 0.478 e. The van der Waals surface area contributed by atoms with Gasteiger partial charge in [0.05, 0.1) is 12.1 Å². The third-order valence-electron chi connectivity index (χ3n) is 3.26. The van der Waals surface area contributed by atoms with Crippen LogP contribution in [0.3, 0.4) is 0 Å². The van der Waals surface area contributed by atoms with Crippen LogP contribution in [0.1, 0.15) is 22.0 Å². The van der Waals surface area contributed by atoms with Gasteiger partial charge in [-0.2, -0.15) is 0 Å². The van der Waals surface area contributed by atoms with Crippen LogP contribution in [0.5, 0.6) is 0 Å². The van der Waals surface area contributed by atoms with E-state index in [9.17, 15) is 14.7 Å². The normalized spacial score (nSPS) is 13.4. The zero-order valence-electron chi connectivity index (χ0n) is 12.3. The fraction of sp³-hybridized carbons (Fsp3) is 0.111. The van der Waals surface area contributed by atoms with E-state index >= 15 is 0 Å². The summed E-state index contributed by atoms with van der Waals surface area (Å²) in [7, 11) is 0. The highest BCUT2D eigenvalue weighted by Gasteiger charge is 2.22. The van der Waals surface area contributed by atoms with Gasteiger partial charge in [0.25, 0.3) is 5.91 Å². The Balaban J connectivity index is 2.23. The predicted octanol–water partition coefficient (Wildman–Crippen LogP) is 2.16. The van der Waals surface area contributed by atoms with Crippen LogP contribution in [0.4, 0.5) is 0 Å². The Morgan fingerprint density at radius 1 is 0.957 bits per heavy atom. The molecule has 23 heavy (non-hydrogen) atoms. The maximum atomic E-state index is 12.3. The summed E-state index contributed by atoms with van der Waals surface area (Å²) in [6.45, 7) is 0. The van der Waals surface area contributed by atoms with Crippen LogP contribution in [-0.2, 0) is 4.79 Å². The second kappa shape index (κ2) is 7.91. The van der Waals surface area contributed by atoms with Crippen molar-refractivity contribution in [2.24, 2.45) is 0 Å². The first kappa shape index (κ1) is 16.5. The average molecular weight is 311 g/mol. The number of amides is 1. The van der Waals surface area contributed by atoms with Crippen molar-refractivity contribution in [1.29, 1.82) is 0 Å². The molecular weight excluding hydrogens is 294 g/mol. The number of carboxylic acid groups (broad SMARTS) is 1. The Hall–Kier alpha value is -2.92. The first-order chi connectivity index (χ1) is 11.1. The second-order valence-electron chi connectivity index (χ2n) is 4.92. The third kappa shape index (κ3) is 4.79. The summed E-state index contributed by atoms with van der Waals surface area (Å²) >= 11 is 0. The lowest BCUT2D eigenvalue weighted by atomic mass is 10.0. The van der Waals surface area contributed by atoms with E-state index in [2.05, 4.69) is 5.32 Å². The highest BCUT2D eigenvalue weighted by atomic mass is 16.4. The van der Waals surface area contributed by atoms with Gasteiger partial charge in [0.15, 0.2) is 0 Å². The fourth-order valence-corrected chi connectivity index (χ4v) is 2.13. The molecule has 0 heterocycles. The van der Waals surface area contributed by atoms with Gasteiger partial charge in [-0.25, -0.2) is 4.79 Å². The van der Waals surface area contributed by atoms with Gasteiger partial charge in [0, 0.05) is 11.6 Å². The average Bonchev–Trinajstić information content (AvgIpc) is 2.59. The third-order valence-corrected chi connectivity index (χ3v) is 3.26. The monoisotopic (exact) mass is 311 g/mol. The van der Waals surface area contributed by atoms with Crippen LogP contribution in [0, 0.1) is 0 Å². The van der Waals surface area contributed by atoms with Gasteiger partial charge < -0.3 is 15.5 Å². The van der Waals surface area contributed by atoms with Gasteiger partial charge in [0.2, 0.25) is 0 Å². The summed E-state index contributed by atoms with van der Waals surface area (Å²) in [6.07, 6.45) is 0.835. The molecular formula is C18H17NO4. The zero-order valence-corrected chi connectivity index (χ0v) is 12.3. The second-order valence-corrected chi connectivity index (χ2v) is 4.92. The summed E-state index contributed by atoms with van der Waals surface area (Å²) < 4.78 is 0. The highest BCUT2D eigenvalue weighted by Crippen LogP contribution is 2.18. The van der Waals surface area contributed by atoms with Gasteiger partial charge >= 0.3 is 5.97 Å². The zero-order chi connectivity index (χ0) is 16.7. The number of aliphatic hydroxyl groups is 1. The lowest BCUT2D eigenvalue weighted by molar-refractivity contribution is -0.131. The molecule has 0 aliphatic rings. The lowest BCUT2D eigenvalue weighted by Crippen LogP contribution is -2.35. The number of rotatable bonds is 6. The number of hydrogen-bond acceptors (Lipinski definition) is 3. The topological polar surface area (TPSA) is 86.6 Å². The van der Waals surface area contributed by atoms with Crippen LogP contribution in [0.2, 0.25) is 0 Å². The van der Waals surface area contributed by atoms with Crippen LogP contribution in [0.25, 0.3) is 0 Å². The Labute approximate surface area is 133 Å². The first-order valence-electron chi connectivity index (χ1n) is 7.08. The van der Waals surface area contributed by atoms with Crippen molar-refractivity contribution < 1.29 is 19.8 Å². The van der Waals surface area contributed by atoms with Gasteiger partial charge in [0.1, 0.15) is 0 Å². The molecule has 2 atom stereocenters. The first-order valence-corrected chi connectivity index (χ1v) is 7.08. The Morgan fingerprint density at radius 2 is 1.52 bits per heavy atom. The number of carbonyl (C=O) groups excluding carboxylic acids is 1. The van der Waals surface area contributed by atoms with Crippen molar-refractivity contribution in [2.45, 2.75) is 12.1 Å². The maximum Gasteiger partial charge on any atom is 0.328 e. The van der Waals surface area contributed by atoms with E-state index in [1.165, 1.54) is 0 Å². The Morgan fingerprint density at radius 3 is 2.09 bits per heavy atom. The number of benzene rings is 2. The molecule has 1 amide bonds. The molecule has 0 saturated carbocycles. The smallest absolute Gasteiger partial charge is 0.328 e.